The predicted molar refractivity (Wildman–Crippen MR) is 105 cm³/mol. The zero-order chi connectivity index (χ0) is 19.5. The predicted octanol–water partition coefficient (Wildman–Crippen LogP) is 1.67. The Morgan fingerprint density at radius 2 is 1.89 bits per heavy atom. The third-order valence-corrected chi connectivity index (χ3v) is 5.71. The maximum Gasteiger partial charge on any atom is 0.178 e. The number of likely N-dealkylation sites (N-methyl/N-ethyl adjacent to an activating group) is 1. The van der Waals surface area contributed by atoms with Crippen LogP contribution in [0.25, 0.3) is 5.65 Å². The quantitative estimate of drug-likeness (QED) is 0.665. The van der Waals surface area contributed by atoms with Crippen LogP contribution in [0.15, 0.2) is 18.5 Å². The van der Waals surface area contributed by atoms with Gasteiger partial charge >= 0.3 is 0 Å². The molecule has 148 valence electrons. The third kappa shape index (κ3) is 3.03. The number of hydrogen-bond acceptors (Lipinski definition) is 7. The van der Waals surface area contributed by atoms with E-state index in [0.717, 1.165) is 42.7 Å². The second kappa shape index (κ2) is 6.23. The summed E-state index contributed by atoms with van der Waals surface area (Å²) in [4.78, 5) is 4.68. The molecule has 1 aliphatic heterocycles. The zero-order valence-electron chi connectivity index (χ0n) is 16.9. The van der Waals surface area contributed by atoms with Gasteiger partial charge in [-0.3, -0.25) is 4.90 Å². The lowest BCUT2D eigenvalue weighted by Crippen LogP contribution is -2.58. The van der Waals surface area contributed by atoms with Gasteiger partial charge in [0.1, 0.15) is 18.0 Å². The minimum atomic E-state index is -0.0970. The molecule has 2 aliphatic rings. The molecule has 0 radical (unpaired) electrons. The Kier molecular flexibility index (Phi) is 3.90. The van der Waals surface area contributed by atoms with Crippen LogP contribution in [0.1, 0.15) is 51.3 Å². The molecule has 5 rings (SSSR count). The van der Waals surface area contributed by atoms with Gasteiger partial charge in [-0.1, -0.05) is 20.8 Å². The molecule has 1 saturated carbocycles. The van der Waals surface area contributed by atoms with Crippen LogP contribution in [0.3, 0.4) is 0 Å². The topological polar surface area (TPSA) is 80.3 Å². The first kappa shape index (κ1) is 17.5. The Morgan fingerprint density at radius 3 is 2.61 bits per heavy atom. The van der Waals surface area contributed by atoms with Gasteiger partial charge in [0.15, 0.2) is 11.5 Å². The summed E-state index contributed by atoms with van der Waals surface area (Å²) in [5, 5.41) is 21.8. The Balaban J connectivity index is 1.26. The highest BCUT2D eigenvalue weighted by Gasteiger charge is 2.33. The molecule has 1 aliphatic carbocycles. The molecule has 0 spiro atoms. The molecule has 28 heavy (non-hydrogen) atoms. The van der Waals surface area contributed by atoms with Gasteiger partial charge in [-0.25, -0.2) is 0 Å². The summed E-state index contributed by atoms with van der Waals surface area (Å²) in [5.74, 6) is 2.93. The number of fused-ring (bicyclic) bond motifs is 1. The molecule has 3 aromatic heterocycles. The van der Waals surface area contributed by atoms with Crippen molar-refractivity contribution in [3.05, 3.63) is 30.1 Å². The van der Waals surface area contributed by atoms with Crippen LogP contribution in [-0.4, -0.2) is 65.7 Å². The Labute approximate surface area is 164 Å². The maximum absolute atomic E-state index is 4.81. The normalized spacial score (nSPS) is 18.2. The highest BCUT2D eigenvalue weighted by molar-refractivity contribution is 5.48. The van der Waals surface area contributed by atoms with E-state index in [9.17, 15) is 0 Å². The monoisotopic (exact) mass is 381 g/mol. The zero-order valence-corrected chi connectivity index (χ0v) is 16.9. The fourth-order valence-electron chi connectivity index (χ4n) is 3.73. The summed E-state index contributed by atoms with van der Waals surface area (Å²) >= 11 is 0. The number of hydrogen-bond donors (Lipinski definition) is 0. The van der Waals surface area contributed by atoms with E-state index in [2.05, 4.69) is 62.6 Å². The number of nitrogens with zero attached hydrogens (tertiary/aromatic N) is 9. The van der Waals surface area contributed by atoms with Crippen LogP contribution < -0.4 is 4.90 Å². The largest absolute Gasteiger partial charge is 0.352 e. The molecular formula is C19H27N9. The van der Waals surface area contributed by atoms with E-state index >= 15 is 0 Å². The Hall–Kier alpha value is -2.55. The van der Waals surface area contributed by atoms with Crippen molar-refractivity contribution in [3.8, 4) is 0 Å². The van der Waals surface area contributed by atoms with Crippen molar-refractivity contribution in [1.82, 2.24) is 39.5 Å². The SMILES string of the molecule is CN(Cc1nncn1C1CC1)C1CN(c2ccc3nnc(C(C)(C)C)n3n2)C1. The lowest BCUT2D eigenvalue weighted by molar-refractivity contribution is 0.190. The fourth-order valence-corrected chi connectivity index (χ4v) is 3.73. The van der Waals surface area contributed by atoms with Gasteiger partial charge in [-0.05, 0) is 32.0 Å². The third-order valence-electron chi connectivity index (χ3n) is 5.71. The highest BCUT2D eigenvalue weighted by Crippen LogP contribution is 2.35. The van der Waals surface area contributed by atoms with Gasteiger partial charge in [-0.15, -0.1) is 25.5 Å². The summed E-state index contributed by atoms with van der Waals surface area (Å²) in [5.41, 5.74) is 0.697. The number of anilines is 1. The second-order valence-corrected chi connectivity index (χ2v) is 9.09. The standard InChI is InChI=1S/C19H27N9/c1-19(2,3)18-23-22-15-7-8-16(24-28(15)18)26-9-14(10-26)25(4)11-17-21-20-12-27(17)13-5-6-13/h7-8,12-14H,5-6,9-11H2,1-4H3. The molecule has 0 N–H and O–H groups in total. The van der Waals surface area contributed by atoms with Crippen LogP contribution in [0, 0.1) is 0 Å². The van der Waals surface area contributed by atoms with Crippen molar-refractivity contribution in [2.75, 3.05) is 25.0 Å². The minimum absolute atomic E-state index is 0.0970. The van der Waals surface area contributed by atoms with E-state index in [-0.39, 0.29) is 5.41 Å². The van der Waals surface area contributed by atoms with Crippen LogP contribution in [-0.2, 0) is 12.0 Å². The smallest absolute Gasteiger partial charge is 0.178 e. The fraction of sp³-hybridized carbons (Fsp3) is 0.632. The van der Waals surface area contributed by atoms with E-state index in [1.165, 1.54) is 12.8 Å². The summed E-state index contributed by atoms with van der Waals surface area (Å²) in [7, 11) is 2.17. The van der Waals surface area contributed by atoms with Gasteiger partial charge in [-0.2, -0.15) is 4.52 Å². The van der Waals surface area contributed by atoms with E-state index in [1.54, 1.807) is 0 Å². The average molecular weight is 381 g/mol. The van der Waals surface area contributed by atoms with E-state index in [4.69, 9.17) is 5.10 Å². The first-order valence-corrected chi connectivity index (χ1v) is 9.96. The van der Waals surface area contributed by atoms with Crippen molar-refractivity contribution >= 4 is 11.5 Å². The number of aromatic nitrogens is 7. The molecule has 4 heterocycles. The van der Waals surface area contributed by atoms with Crippen LogP contribution in [0.2, 0.25) is 0 Å². The molecule has 9 nitrogen and oxygen atoms in total. The minimum Gasteiger partial charge on any atom is -0.352 e. The van der Waals surface area contributed by atoms with Gasteiger partial charge in [0.05, 0.1) is 6.54 Å². The van der Waals surface area contributed by atoms with E-state index < -0.39 is 0 Å². The van der Waals surface area contributed by atoms with Gasteiger partial charge in [0.2, 0.25) is 0 Å². The molecule has 9 heteroatoms. The molecule has 0 bridgehead atoms. The average Bonchev–Trinajstić information content (AvgIpc) is 3.17. The van der Waals surface area contributed by atoms with E-state index in [1.807, 2.05) is 23.0 Å². The molecule has 2 fully saturated rings. The van der Waals surface area contributed by atoms with Gasteiger partial charge < -0.3 is 9.47 Å². The van der Waals surface area contributed by atoms with Crippen molar-refractivity contribution in [2.45, 2.75) is 57.7 Å². The first-order valence-electron chi connectivity index (χ1n) is 9.96. The Bertz CT molecular complexity index is 988. The molecule has 0 amide bonds. The van der Waals surface area contributed by atoms with Gasteiger partial charge in [0, 0.05) is 30.6 Å². The first-order chi connectivity index (χ1) is 13.4. The van der Waals surface area contributed by atoms with Crippen LogP contribution in [0.5, 0.6) is 0 Å². The Morgan fingerprint density at radius 1 is 1.11 bits per heavy atom. The van der Waals surface area contributed by atoms with Crippen molar-refractivity contribution < 1.29 is 0 Å². The molecule has 0 unspecified atom stereocenters. The maximum atomic E-state index is 4.81. The van der Waals surface area contributed by atoms with Crippen molar-refractivity contribution in [2.24, 2.45) is 0 Å². The molecule has 0 aromatic carbocycles. The molecular weight excluding hydrogens is 354 g/mol. The van der Waals surface area contributed by atoms with Crippen LogP contribution in [0.4, 0.5) is 5.82 Å². The lowest BCUT2D eigenvalue weighted by Gasteiger charge is -2.44. The van der Waals surface area contributed by atoms with Crippen LogP contribution >= 0.6 is 0 Å². The highest BCUT2D eigenvalue weighted by atomic mass is 15.4. The van der Waals surface area contributed by atoms with Crippen molar-refractivity contribution in [1.29, 1.82) is 0 Å². The number of rotatable bonds is 5. The van der Waals surface area contributed by atoms with E-state index in [0.29, 0.717) is 12.1 Å². The molecule has 3 aromatic rings. The summed E-state index contributed by atoms with van der Waals surface area (Å²) in [6.07, 6.45) is 4.37. The summed E-state index contributed by atoms with van der Waals surface area (Å²) in [6.45, 7) is 9.15. The second-order valence-electron chi connectivity index (χ2n) is 9.09. The summed E-state index contributed by atoms with van der Waals surface area (Å²) < 4.78 is 4.12. The molecule has 0 atom stereocenters. The summed E-state index contributed by atoms with van der Waals surface area (Å²) in [6, 6.07) is 5.15. The lowest BCUT2D eigenvalue weighted by atomic mass is 9.96. The molecule has 1 saturated heterocycles. The van der Waals surface area contributed by atoms with Crippen molar-refractivity contribution in [3.63, 3.8) is 0 Å². The van der Waals surface area contributed by atoms with Gasteiger partial charge in [0.25, 0.3) is 0 Å².